The molecule has 1 atom stereocenters. The van der Waals surface area contributed by atoms with Crippen LogP contribution in [0.4, 0.5) is 5.69 Å². The summed E-state index contributed by atoms with van der Waals surface area (Å²) in [7, 11) is 1.74. The highest BCUT2D eigenvalue weighted by Crippen LogP contribution is 2.18. The molecule has 0 amide bonds. The number of methoxy groups -OCH3 is 1. The molecule has 4 heteroatoms. The number of rotatable bonds is 9. The van der Waals surface area contributed by atoms with Crippen molar-refractivity contribution in [2.75, 3.05) is 31.7 Å². The van der Waals surface area contributed by atoms with E-state index in [1.54, 1.807) is 7.11 Å². The molecular formula is C16H29N3O. The Kier molecular flexibility index (Phi) is 7.55. The van der Waals surface area contributed by atoms with Crippen molar-refractivity contribution >= 4 is 5.69 Å². The second-order valence-corrected chi connectivity index (χ2v) is 5.40. The van der Waals surface area contributed by atoms with Gasteiger partial charge < -0.3 is 15.0 Å². The van der Waals surface area contributed by atoms with E-state index in [9.17, 15) is 0 Å². The Morgan fingerprint density at radius 3 is 2.55 bits per heavy atom. The Balaban J connectivity index is 2.72. The Morgan fingerprint density at radius 1 is 1.30 bits per heavy atom. The van der Waals surface area contributed by atoms with Crippen LogP contribution in [0.1, 0.15) is 45.9 Å². The zero-order valence-corrected chi connectivity index (χ0v) is 13.5. The Hall–Kier alpha value is -1.13. The van der Waals surface area contributed by atoms with Crippen molar-refractivity contribution in [2.24, 2.45) is 0 Å². The predicted molar refractivity (Wildman–Crippen MR) is 85.3 cm³/mol. The standard InChI is InChI=1S/C16H29N3O/c1-6-9-17-14(4)16-8-7-15(12-18-16)19(13(2)3)10-11-20-5/h7-8,12-14,17H,6,9-11H2,1-5H3. The summed E-state index contributed by atoms with van der Waals surface area (Å²) >= 11 is 0. The predicted octanol–water partition coefficient (Wildman–Crippen LogP) is 3.00. The molecule has 1 unspecified atom stereocenters. The third-order valence-electron chi connectivity index (χ3n) is 3.41. The molecule has 1 aromatic heterocycles. The van der Waals surface area contributed by atoms with Crippen molar-refractivity contribution in [3.05, 3.63) is 24.0 Å². The number of aromatic nitrogens is 1. The van der Waals surface area contributed by atoms with Gasteiger partial charge in [-0.25, -0.2) is 0 Å². The number of hydrogen-bond acceptors (Lipinski definition) is 4. The van der Waals surface area contributed by atoms with E-state index in [-0.39, 0.29) is 0 Å². The number of nitrogens with zero attached hydrogens (tertiary/aromatic N) is 2. The molecule has 1 rings (SSSR count). The maximum absolute atomic E-state index is 5.18. The van der Waals surface area contributed by atoms with E-state index < -0.39 is 0 Å². The molecule has 4 nitrogen and oxygen atoms in total. The van der Waals surface area contributed by atoms with Crippen LogP contribution in [-0.2, 0) is 4.74 Å². The van der Waals surface area contributed by atoms with Gasteiger partial charge in [0.15, 0.2) is 0 Å². The third kappa shape index (κ3) is 5.10. The van der Waals surface area contributed by atoms with E-state index in [1.807, 2.05) is 6.20 Å². The molecule has 1 N–H and O–H groups in total. The average Bonchev–Trinajstić information content (AvgIpc) is 2.45. The zero-order valence-electron chi connectivity index (χ0n) is 13.5. The van der Waals surface area contributed by atoms with Gasteiger partial charge in [-0.1, -0.05) is 6.92 Å². The van der Waals surface area contributed by atoms with Crippen LogP contribution < -0.4 is 10.2 Å². The summed E-state index contributed by atoms with van der Waals surface area (Å²) in [5.41, 5.74) is 2.25. The van der Waals surface area contributed by atoms with Gasteiger partial charge in [0.2, 0.25) is 0 Å². The first kappa shape index (κ1) is 16.9. The molecule has 1 aromatic rings. The zero-order chi connectivity index (χ0) is 15.0. The van der Waals surface area contributed by atoms with Gasteiger partial charge in [-0.3, -0.25) is 4.98 Å². The van der Waals surface area contributed by atoms with Crippen LogP contribution in [0.5, 0.6) is 0 Å². The second-order valence-electron chi connectivity index (χ2n) is 5.40. The molecule has 0 aliphatic heterocycles. The summed E-state index contributed by atoms with van der Waals surface area (Å²) in [5, 5.41) is 3.46. The molecule has 0 aliphatic rings. The van der Waals surface area contributed by atoms with E-state index in [4.69, 9.17) is 4.74 Å². The largest absolute Gasteiger partial charge is 0.383 e. The lowest BCUT2D eigenvalue weighted by Gasteiger charge is -2.28. The minimum Gasteiger partial charge on any atom is -0.383 e. The smallest absolute Gasteiger partial charge is 0.0637 e. The second kappa shape index (κ2) is 8.93. The molecule has 0 bridgehead atoms. The van der Waals surface area contributed by atoms with Crippen LogP contribution in [0.3, 0.4) is 0 Å². The van der Waals surface area contributed by atoms with Crippen LogP contribution in [0.15, 0.2) is 18.3 Å². The quantitative estimate of drug-likeness (QED) is 0.754. The highest BCUT2D eigenvalue weighted by Gasteiger charge is 2.12. The Labute approximate surface area is 123 Å². The number of nitrogens with one attached hydrogen (secondary N) is 1. The lowest BCUT2D eigenvalue weighted by Crippen LogP contribution is -2.34. The lowest BCUT2D eigenvalue weighted by molar-refractivity contribution is 0.204. The summed E-state index contributed by atoms with van der Waals surface area (Å²) in [6.45, 7) is 11.4. The monoisotopic (exact) mass is 279 g/mol. The van der Waals surface area contributed by atoms with Crippen molar-refractivity contribution in [1.82, 2.24) is 10.3 Å². The van der Waals surface area contributed by atoms with Crippen molar-refractivity contribution < 1.29 is 4.74 Å². The van der Waals surface area contributed by atoms with Crippen LogP contribution >= 0.6 is 0 Å². The molecular weight excluding hydrogens is 250 g/mol. The molecule has 0 aromatic carbocycles. The summed E-state index contributed by atoms with van der Waals surface area (Å²) in [4.78, 5) is 6.91. The molecule has 0 fully saturated rings. The van der Waals surface area contributed by atoms with E-state index in [1.165, 1.54) is 0 Å². The number of hydrogen-bond donors (Lipinski definition) is 1. The fraction of sp³-hybridized carbons (Fsp3) is 0.688. The molecule has 0 aliphatic carbocycles. The van der Waals surface area contributed by atoms with Crippen molar-refractivity contribution in [2.45, 2.75) is 46.2 Å². The molecule has 0 radical (unpaired) electrons. The minimum atomic E-state index is 0.301. The molecule has 114 valence electrons. The number of pyridine rings is 1. The van der Waals surface area contributed by atoms with Crippen molar-refractivity contribution in [1.29, 1.82) is 0 Å². The minimum absolute atomic E-state index is 0.301. The van der Waals surface area contributed by atoms with Crippen molar-refractivity contribution in [3.63, 3.8) is 0 Å². The molecule has 20 heavy (non-hydrogen) atoms. The van der Waals surface area contributed by atoms with Gasteiger partial charge in [0.05, 0.1) is 24.2 Å². The normalized spacial score (nSPS) is 12.7. The average molecular weight is 279 g/mol. The Bertz CT molecular complexity index is 364. The van der Waals surface area contributed by atoms with Gasteiger partial charge in [-0.05, 0) is 45.9 Å². The maximum Gasteiger partial charge on any atom is 0.0637 e. The molecule has 1 heterocycles. The first-order chi connectivity index (χ1) is 9.60. The van der Waals surface area contributed by atoms with Gasteiger partial charge in [0, 0.05) is 25.7 Å². The molecule has 0 saturated carbocycles. The highest BCUT2D eigenvalue weighted by atomic mass is 16.5. The highest BCUT2D eigenvalue weighted by molar-refractivity contribution is 5.45. The number of anilines is 1. The van der Waals surface area contributed by atoms with Crippen LogP contribution in [0, 0.1) is 0 Å². The van der Waals surface area contributed by atoms with E-state index in [0.29, 0.717) is 12.1 Å². The van der Waals surface area contributed by atoms with Gasteiger partial charge in [0.25, 0.3) is 0 Å². The van der Waals surface area contributed by atoms with Gasteiger partial charge in [-0.2, -0.15) is 0 Å². The van der Waals surface area contributed by atoms with E-state index >= 15 is 0 Å². The van der Waals surface area contributed by atoms with Gasteiger partial charge >= 0.3 is 0 Å². The maximum atomic E-state index is 5.18. The van der Waals surface area contributed by atoms with Crippen LogP contribution in [0.25, 0.3) is 0 Å². The van der Waals surface area contributed by atoms with Gasteiger partial charge in [0.1, 0.15) is 0 Å². The van der Waals surface area contributed by atoms with Crippen LogP contribution in [0.2, 0.25) is 0 Å². The van der Waals surface area contributed by atoms with E-state index in [2.05, 4.69) is 55.0 Å². The first-order valence-electron chi connectivity index (χ1n) is 7.55. The molecule has 0 spiro atoms. The summed E-state index contributed by atoms with van der Waals surface area (Å²) in [5.74, 6) is 0. The third-order valence-corrected chi connectivity index (χ3v) is 3.41. The van der Waals surface area contributed by atoms with Crippen molar-refractivity contribution in [3.8, 4) is 0 Å². The topological polar surface area (TPSA) is 37.4 Å². The van der Waals surface area contributed by atoms with E-state index in [0.717, 1.165) is 37.5 Å². The summed E-state index contributed by atoms with van der Waals surface area (Å²) in [6.07, 6.45) is 3.11. The summed E-state index contributed by atoms with van der Waals surface area (Å²) in [6, 6.07) is 5.01. The number of ether oxygens (including phenoxy) is 1. The fourth-order valence-corrected chi connectivity index (χ4v) is 2.16. The van der Waals surface area contributed by atoms with Crippen LogP contribution in [-0.4, -0.2) is 37.8 Å². The lowest BCUT2D eigenvalue weighted by atomic mass is 10.2. The fourth-order valence-electron chi connectivity index (χ4n) is 2.16. The molecule has 0 saturated heterocycles. The first-order valence-corrected chi connectivity index (χ1v) is 7.55. The summed E-state index contributed by atoms with van der Waals surface area (Å²) < 4.78 is 5.18. The SMILES string of the molecule is CCCNC(C)c1ccc(N(CCOC)C(C)C)cn1. The Morgan fingerprint density at radius 2 is 2.05 bits per heavy atom. The van der Waals surface area contributed by atoms with Gasteiger partial charge in [-0.15, -0.1) is 0 Å².